The highest BCUT2D eigenvalue weighted by molar-refractivity contribution is 5.61. The van der Waals surface area contributed by atoms with Gasteiger partial charge in [0.1, 0.15) is 6.29 Å². The Labute approximate surface area is 82.7 Å². The first-order valence-electron chi connectivity index (χ1n) is 4.56. The molecule has 1 unspecified atom stereocenters. The Bertz CT molecular complexity index is 323. The van der Waals surface area contributed by atoms with E-state index in [-0.39, 0.29) is 11.7 Å². The molecule has 1 atom stereocenters. The zero-order valence-corrected chi connectivity index (χ0v) is 8.29. The minimum atomic E-state index is -0.418. The largest absolute Gasteiger partial charge is 0.491 e. The molecule has 0 saturated heterocycles. The molecule has 0 aromatic heterocycles. The predicted molar refractivity (Wildman–Crippen MR) is 52.0 cm³/mol. The van der Waals surface area contributed by atoms with Gasteiger partial charge in [-0.2, -0.15) is 0 Å². The summed E-state index contributed by atoms with van der Waals surface area (Å²) in [5, 5.41) is 0. The molecule has 0 aliphatic heterocycles. The summed E-state index contributed by atoms with van der Waals surface area (Å²) >= 11 is 0. The molecule has 0 saturated carbocycles. The minimum Gasteiger partial charge on any atom is -0.491 e. The van der Waals surface area contributed by atoms with Crippen molar-refractivity contribution in [2.45, 2.75) is 19.8 Å². The number of carbonyl (C=O) groups excluding carboxylic acids is 1. The molecule has 0 heterocycles. The van der Waals surface area contributed by atoms with Gasteiger partial charge in [-0.3, -0.25) is 0 Å². The van der Waals surface area contributed by atoms with Crippen molar-refractivity contribution >= 4 is 6.29 Å². The number of hydrogen-bond acceptors (Lipinski definition) is 2. The van der Waals surface area contributed by atoms with E-state index < -0.39 is 5.82 Å². The van der Waals surface area contributed by atoms with E-state index >= 15 is 0 Å². The van der Waals surface area contributed by atoms with E-state index in [1.54, 1.807) is 26.0 Å². The van der Waals surface area contributed by atoms with Gasteiger partial charge >= 0.3 is 0 Å². The summed E-state index contributed by atoms with van der Waals surface area (Å²) in [7, 11) is 0. The van der Waals surface area contributed by atoms with E-state index in [0.29, 0.717) is 12.2 Å². The summed E-state index contributed by atoms with van der Waals surface area (Å²) in [6, 6.07) is 4.59. The summed E-state index contributed by atoms with van der Waals surface area (Å²) in [5.41, 5.74) is 0.668. The number of rotatable bonds is 4. The molecule has 0 fully saturated rings. The summed E-state index contributed by atoms with van der Waals surface area (Å²) in [4.78, 5) is 10.5. The maximum atomic E-state index is 13.3. The van der Waals surface area contributed by atoms with Gasteiger partial charge in [0.05, 0.1) is 6.61 Å². The van der Waals surface area contributed by atoms with E-state index in [2.05, 4.69) is 0 Å². The maximum absolute atomic E-state index is 13.3. The van der Waals surface area contributed by atoms with Gasteiger partial charge in [0.25, 0.3) is 0 Å². The highest BCUT2D eigenvalue weighted by atomic mass is 19.1. The van der Waals surface area contributed by atoms with Crippen LogP contribution in [0.4, 0.5) is 4.39 Å². The van der Waals surface area contributed by atoms with Gasteiger partial charge in [0.15, 0.2) is 11.6 Å². The highest BCUT2D eigenvalue weighted by Gasteiger charge is 2.08. The summed E-state index contributed by atoms with van der Waals surface area (Å²) in [5.74, 6) is -0.465. The third-order valence-corrected chi connectivity index (χ3v) is 1.99. The molecule has 0 aliphatic rings. The Morgan fingerprint density at radius 3 is 2.79 bits per heavy atom. The lowest BCUT2D eigenvalue weighted by Crippen LogP contribution is -1.98. The van der Waals surface area contributed by atoms with E-state index in [4.69, 9.17) is 4.74 Å². The van der Waals surface area contributed by atoms with Crippen molar-refractivity contribution in [2.24, 2.45) is 0 Å². The molecule has 0 N–H and O–H groups in total. The maximum Gasteiger partial charge on any atom is 0.165 e. The molecule has 1 aromatic rings. The Hall–Kier alpha value is -1.38. The molecule has 0 spiro atoms. The normalized spacial score (nSPS) is 12.2. The summed E-state index contributed by atoms with van der Waals surface area (Å²) < 4.78 is 18.3. The van der Waals surface area contributed by atoms with Crippen LogP contribution in [0.3, 0.4) is 0 Å². The molecule has 0 aliphatic carbocycles. The molecule has 0 radical (unpaired) electrons. The molecule has 2 nitrogen and oxygen atoms in total. The van der Waals surface area contributed by atoms with Crippen molar-refractivity contribution in [3.8, 4) is 5.75 Å². The van der Waals surface area contributed by atoms with Crippen molar-refractivity contribution in [3.05, 3.63) is 29.6 Å². The Kier molecular flexibility index (Phi) is 3.63. The zero-order valence-electron chi connectivity index (χ0n) is 8.29. The Morgan fingerprint density at radius 2 is 2.29 bits per heavy atom. The first-order valence-corrected chi connectivity index (χ1v) is 4.56. The van der Waals surface area contributed by atoms with Crippen LogP contribution < -0.4 is 4.74 Å². The van der Waals surface area contributed by atoms with Crippen LogP contribution in [0, 0.1) is 5.82 Å². The molecule has 76 valence electrons. The monoisotopic (exact) mass is 196 g/mol. The van der Waals surface area contributed by atoms with Crippen LogP contribution in [0.1, 0.15) is 25.3 Å². The van der Waals surface area contributed by atoms with E-state index in [9.17, 15) is 9.18 Å². The second-order valence-corrected chi connectivity index (χ2v) is 3.05. The number of hydrogen-bond donors (Lipinski definition) is 0. The van der Waals surface area contributed by atoms with Crippen molar-refractivity contribution in [3.63, 3.8) is 0 Å². The predicted octanol–water partition coefficient (Wildman–Crippen LogP) is 2.53. The van der Waals surface area contributed by atoms with Gasteiger partial charge < -0.3 is 9.53 Å². The average molecular weight is 196 g/mol. The number of ether oxygens (including phenoxy) is 1. The third kappa shape index (κ3) is 2.31. The van der Waals surface area contributed by atoms with Crippen molar-refractivity contribution in [2.75, 3.05) is 6.61 Å². The molecule has 1 rings (SSSR count). The van der Waals surface area contributed by atoms with Crippen LogP contribution in [0.2, 0.25) is 0 Å². The van der Waals surface area contributed by atoms with Gasteiger partial charge in [-0.1, -0.05) is 13.0 Å². The fourth-order valence-electron chi connectivity index (χ4n) is 1.15. The second kappa shape index (κ2) is 4.74. The molecule has 14 heavy (non-hydrogen) atoms. The van der Waals surface area contributed by atoms with Crippen LogP contribution in [0.15, 0.2) is 18.2 Å². The SMILES string of the molecule is CCOc1ccc(C(C)C=O)cc1F. The molecule has 0 amide bonds. The second-order valence-electron chi connectivity index (χ2n) is 3.05. The average Bonchev–Trinajstić information content (AvgIpc) is 2.20. The molecule has 3 heteroatoms. The lowest BCUT2D eigenvalue weighted by atomic mass is 10.0. The smallest absolute Gasteiger partial charge is 0.165 e. The molecule has 0 bridgehead atoms. The zero-order chi connectivity index (χ0) is 10.6. The summed E-state index contributed by atoms with van der Waals surface area (Å²) in [6.07, 6.45) is 0.787. The first-order chi connectivity index (χ1) is 6.69. The van der Waals surface area contributed by atoms with Crippen LogP contribution in [0.25, 0.3) is 0 Å². The van der Waals surface area contributed by atoms with E-state index in [1.807, 2.05) is 0 Å². The minimum absolute atomic E-state index is 0.231. The third-order valence-electron chi connectivity index (χ3n) is 1.99. The first kappa shape index (κ1) is 10.7. The quantitative estimate of drug-likeness (QED) is 0.692. The lowest BCUT2D eigenvalue weighted by Gasteiger charge is -2.08. The Morgan fingerprint density at radius 1 is 1.57 bits per heavy atom. The van der Waals surface area contributed by atoms with Crippen LogP contribution >= 0.6 is 0 Å². The van der Waals surface area contributed by atoms with Crippen molar-refractivity contribution < 1.29 is 13.9 Å². The topological polar surface area (TPSA) is 26.3 Å². The highest BCUT2D eigenvalue weighted by Crippen LogP contribution is 2.22. The van der Waals surface area contributed by atoms with Crippen molar-refractivity contribution in [1.29, 1.82) is 0 Å². The van der Waals surface area contributed by atoms with Gasteiger partial charge in [0.2, 0.25) is 0 Å². The fraction of sp³-hybridized carbons (Fsp3) is 0.364. The molecular weight excluding hydrogens is 183 g/mol. The number of carbonyl (C=O) groups is 1. The van der Waals surface area contributed by atoms with Gasteiger partial charge in [-0.05, 0) is 24.6 Å². The van der Waals surface area contributed by atoms with Crippen LogP contribution in [-0.4, -0.2) is 12.9 Å². The van der Waals surface area contributed by atoms with Gasteiger partial charge in [0, 0.05) is 5.92 Å². The Balaban J connectivity index is 2.93. The number of halogens is 1. The fourth-order valence-corrected chi connectivity index (χ4v) is 1.15. The molecular formula is C11H13FO2. The molecule has 1 aromatic carbocycles. The van der Waals surface area contributed by atoms with E-state index in [1.165, 1.54) is 6.07 Å². The lowest BCUT2D eigenvalue weighted by molar-refractivity contribution is -0.108. The van der Waals surface area contributed by atoms with Crippen LogP contribution in [0.5, 0.6) is 5.75 Å². The number of aldehydes is 1. The van der Waals surface area contributed by atoms with Gasteiger partial charge in [-0.15, -0.1) is 0 Å². The van der Waals surface area contributed by atoms with Crippen molar-refractivity contribution in [1.82, 2.24) is 0 Å². The van der Waals surface area contributed by atoms with Crippen LogP contribution in [-0.2, 0) is 4.79 Å². The standard InChI is InChI=1S/C11H13FO2/c1-3-14-11-5-4-9(6-10(11)12)8(2)7-13/h4-8H,3H2,1-2H3. The van der Waals surface area contributed by atoms with Gasteiger partial charge in [-0.25, -0.2) is 4.39 Å². The number of benzene rings is 1. The van der Waals surface area contributed by atoms with E-state index in [0.717, 1.165) is 6.29 Å². The summed E-state index contributed by atoms with van der Waals surface area (Å²) in [6.45, 7) is 3.95.